The zero-order valence-electron chi connectivity index (χ0n) is 41.3. The fourth-order valence-electron chi connectivity index (χ4n) is 9.10. The van der Waals surface area contributed by atoms with Gasteiger partial charge in [0.05, 0.1) is 59.5 Å². The second-order valence-electron chi connectivity index (χ2n) is 18.2. The van der Waals surface area contributed by atoms with Crippen LogP contribution < -0.4 is 0 Å². The molecule has 13 nitrogen and oxygen atoms in total. The van der Waals surface area contributed by atoms with Crippen LogP contribution in [-0.2, 0) is 93.6 Å². The molecule has 0 aliphatic carbocycles. The molecule has 0 N–H and O–H groups in total. The summed E-state index contributed by atoms with van der Waals surface area (Å²) >= 11 is 0. The fraction of sp³-hybridized carbons (Fsp3) is 0.311. The van der Waals surface area contributed by atoms with Gasteiger partial charge in [0.1, 0.15) is 48.8 Å². The van der Waals surface area contributed by atoms with Gasteiger partial charge in [-0.2, -0.15) is 0 Å². The Kier molecular flexibility index (Phi) is 19.9. The lowest BCUT2D eigenvalue weighted by Gasteiger charge is -2.49. The van der Waals surface area contributed by atoms with Crippen LogP contribution in [0, 0.1) is 0 Å². The van der Waals surface area contributed by atoms with Crippen molar-refractivity contribution in [2.75, 3.05) is 13.2 Å². The third-order valence-corrected chi connectivity index (χ3v) is 12.9. The van der Waals surface area contributed by atoms with Gasteiger partial charge in [-0.1, -0.05) is 217 Å². The number of rotatable bonds is 26. The van der Waals surface area contributed by atoms with E-state index in [0.29, 0.717) is 13.2 Å². The van der Waals surface area contributed by atoms with Crippen LogP contribution in [0.25, 0.3) is 10.4 Å². The summed E-state index contributed by atoms with van der Waals surface area (Å²) in [6, 6.07) is 68.2. The maximum atomic E-state index is 10.4. The average molecular weight is 998 g/mol. The maximum absolute atomic E-state index is 10.4. The summed E-state index contributed by atoms with van der Waals surface area (Å²) in [5.74, 6) is 0. The number of ether oxygens (including phenoxy) is 10. The van der Waals surface area contributed by atoms with E-state index in [1.54, 1.807) is 0 Å². The Morgan fingerprint density at radius 3 is 1.00 bits per heavy atom. The zero-order valence-corrected chi connectivity index (χ0v) is 41.3. The van der Waals surface area contributed by atoms with Gasteiger partial charge in [0.25, 0.3) is 0 Å². The molecule has 7 aromatic rings. The molecule has 2 aliphatic heterocycles. The first-order chi connectivity index (χ1) is 36.7. The first kappa shape index (κ1) is 52.3. The van der Waals surface area contributed by atoms with Gasteiger partial charge in [-0.25, -0.2) is 0 Å². The monoisotopic (exact) mass is 997 g/mol. The molecular formula is C61H63N3O10. The Labute approximate surface area is 433 Å². The van der Waals surface area contributed by atoms with Crippen molar-refractivity contribution < 1.29 is 47.4 Å². The Hall–Kier alpha value is -6.55. The lowest BCUT2D eigenvalue weighted by molar-refractivity contribution is -0.368. The van der Waals surface area contributed by atoms with E-state index in [4.69, 9.17) is 47.4 Å². The van der Waals surface area contributed by atoms with E-state index in [1.807, 2.05) is 212 Å². The lowest BCUT2D eigenvalue weighted by atomic mass is 9.95. The highest BCUT2D eigenvalue weighted by atomic mass is 16.8. The number of benzene rings is 7. The van der Waals surface area contributed by atoms with Gasteiger partial charge in [-0.3, -0.25) is 0 Å². The van der Waals surface area contributed by atoms with E-state index < -0.39 is 61.3 Å². The minimum Gasteiger partial charge on any atom is -0.374 e. The Balaban J connectivity index is 1.10. The molecule has 2 heterocycles. The molecule has 13 heteroatoms. The molecule has 0 radical (unpaired) electrons. The van der Waals surface area contributed by atoms with Crippen LogP contribution in [0.15, 0.2) is 217 Å². The third kappa shape index (κ3) is 15.3. The highest BCUT2D eigenvalue weighted by molar-refractivity contribution is 5.19. The lowest BCUT2D eigenvalue weighted by Crippen LogP contribution is -2.65. The normalized spacial score (nSPS) is 23.7. The van der Waals surface area contributed by atoms with E-state index in [-0.39, 0.29) is 46.2 Å². The average Bonchev–Trinajstić information content (AvgIpc) is 3.46. The van der Waals surface area contributed by atoms with Crippen molar-refractivity contribution >= 4 is 0 Å². The van der Waals surface area contributed by atoms with Crippen molar-refractivity contribution in [2.24, 2.45) is 5.11 Å². The second-order valence-corrected chi connectivity index (χ2v) is 18.2. The molecule has 9 rings (SSSR count). The quantitative estimate of drug-likeness (QED) is 0.0292. The standard InChI is InChI=1S/C61H63N3O10/c62-64-63-54-57(69-40-49-30-16-5-17-31-49)55(67-38-47-26-12-3-13-27-47)52(43-65-36-45-22-8-1-9-23-45)72-60(54)74-59-58(70-41-50-32-18-6-19-33-50)56(68-39-48-28-14-4-15-29-48)53(44-66-37-46-24-10-2-11-25-46)73-61(59)71-42-51-34-20-7-21-35-51/h1-35,52-61H,36-44H2/t52-,53-,54-,55-,56-,57-,58+,59-,60-,61-/m1/s1. The summed E-state index contributed by atoms with van der Waals surface area (Å²) in [5, 5.41) is 4.42. The summed E-state index contributed by atoms with van der Waals surface area (Å²) in [7, 11) is 0. The van der Waals surface area contributed by atoms with Crippen LogP contribution >= 0.6 is 0 Å². The van der Waals surface area contributed by atoms with Crippen molar-refractivity contribution in [2.45, 2.75) is 108 Å². The molecular weight excluding hydrogens is 935 g/mol. The van der Waals surface area contributed by atoms with E-state index in [2.05, 4.69) is 10.0 Å². The molecule has 7 aromatic carbocycles. The van der Waals surface area contributed by atoms with Gasteiger partial charge >= 0.3 is 0 Å². The van der Waals surface area contributed by atoms with Crippen molar-refractivity contribution in [3.63, 3.8) is 0 Å². The number of nitrogens with zero attached hydrogens (tertiary/aromatic N) is 3. The Morgan fingerprint density at radius 2 is 0.635 bits per heavy atom. The summed E-state index contributed by atoms with van der Waals surface area (Å²) < 4.78 is 68.8. The third-order valence-electron chi connectivity index (χ3n) is 12.9. The molecule has 74 heavy (non-hydrogen) atoms. The Morgan fingerprint density at radius 1 is 0.338 bits per heavy atom. The Bertz CT molecular complexity index is 2690. The van der Waals surface area contributed by atoms with Gasteiger partial charge in [-0.15, -0.1) is 0 Å². The van der Waals surface area contributed by atoms with Gasteiger partial charge in [0.15, 0.2) is 12.6 Å². The molecule has 0 unspecified atom stereocenters. The molecule has 382 valence electrons. The smallest absolute Gasteiger partial charge is 0.187 e. The van der Waals surface area contributed by atoms with E-state index >= 15 is 0 Å². The molecule has 2 aliphatic rings. The summed E-state index contributed by atoms with van der Waals surface area (Å²) in [6.07, 6.45) is -8.27. The van der Waals surface area contributed by atoms with Gasteiger partial charge in [0.2, 0.25) is 0 Å². The van der Waals surface area contributed by atoms with Crippen LogP contribution in [0.5, 0.6) is 0 Å². The fourth-order valence-corrected chi connectivity index (χ4v) is 9.10. The maximum Gasteiger partial charge on any atom is 0.187 e. The topological polar surface area (TPSA) is 141 Å². The van der Waals surface area contributed by atoms with Gasteiger partial charge in [-0.05, 0) is 44.5 Å². The van der Waals surface area contributed by atoms with Crippen LogP contribution in [0.3, 0.4) is 0 Å². The molecule has 2 fully saturated rings. The minimum atomic E-state index is -1.27. The predicted molar refractivity (Wildman–Crippen MR) is 279 cm³/mol. The van der Waals surface area contributed by atoms with Crippen molar-refractivity contribution in [1.82, 2.24) is 0 Å². The summed E-state index contributed by atoms with van der Waals surface area (Å²) in [6.45, 7) is 1.85. The highest BCUT2D eigenvalue weighted by Crippen LogP contribution is 2.37. The van der Waals surface area contributed by atoms with Crippen molar-refractivity contribution in [3.05, 3.63) is 262 Å². The highest BCUT2D eigenvalue weighted by Gasteiger charge is 2.54. The summed E-state index contributed by atoms with van der Waals surface area (Å²) in [5.41, 5.74) is 17.1. The van der Waals surface area contributed by atoms with Gasteiger partial charge < -0.3 is 47.4 Å². The van der Waals surface area contributed by atoms with Crippen molar-refractivity contribution in [3.8, 4) is 0 Å². The molecule has 2 saturated heterocycles. The number of hydrogen-bond donors (Lipinski definition) is 0. The first-order valence-corrected chi connectivity index (χ1v) is 25.2. The molecule has 0 spiro atoms. The zero-order chi connectivity index (χ0) is 50.4. The van der Waals surface area contributed by atoms with Crippen LogP contribution in [-0.4, -0.2) is 74.6 Å². The van der Waals surface area contributed by atoms with Crippen LogP contribution in [0.1, 0.15) is 38.9 Å². The minimum absolute atomic E-state index is 0.0784. The molecule has 0 saturated carbocycles. The van der Waals surface area contributed by atoms with Crippen LogP contribution in [0.2, 0.25) is 0 Å². The second kappa shape index (κ2) is 28.2. The van der Waals surface area contributed by atoms with E-state index in [9.17, 15) is 5.53 Å². The molecule has 0 amide bonds. The first-order valence-electron chi connectivity index (χ1n) is 25.2. The van der Waals surface area contributed by atoms with Crippen LogP contribution in [0.4, 0.5) is 0 Å². The molecule has 10 atom stereocenters. The largest absolute Gasteiger partial charge is 0.374 e. The summed E-state index contributed by atoms with van der Waals surface area (Å²) in [4.78, 5) is 3.39. The van der Waals surface area contributed by atoms with E-state index in [1.165, 1.54) is 0 Å². The van der Waals surface area contributed by atoms with Crippen molar-refractivity contribution in [1.29, 1.82) is 0 Å². The SMILES string of the molecule is [N-]=[N+]=N[C@H]1[C@@H](O[C@H]2[C@H](OCc3ccccc3)O[C@H](COCc3ccccc3)[C@@H](OCc3ccccc3)[C@@H]2OCc2ccccc2)O[C@H](COCc2ccccc2)[C@@H](OCc2ccccc2)[C@@H]1OCc1ccccc1. The van der Waals surface area contributed by atoms with Gasteiger partial charge in [0, 0.05) is 4.91 Å². The van der Waals surface area contributed by atoms with E-state index in [0.717, 1.165) is 38.9 Å². The molecule has 0 aromatic heterocycles. The predicted octanol–water partition coefficient (Wildman–Crippen LogP) is 11.5. The number of hydrogen-bond acceptors (Lipinski definition) is 11. The molecule has 0 bridgehead atoms. The number of azide groups is 1.